The fourth-order valence-electron chi connectivity index (χ4n) is 2.58. The van der Waals surface area contributed by atoms with Crippen LogP contribution in [0.15, 0.2) is 83.3 Å². The van der Waals surface area contributed by atoms with Gasteiger partial charge in [-0.2, -0.15) is 5.10 Å². The van der Waals surface area contributed by atoms with Gasteiger partial charge in [0.25, 0.3) is 5.91 Å². The molecule has 4 rings (SSSR count). The lowest BCUT2D eigenvalue weighted by molar-refractivity contribution is 0.0955. The molecule has 4 aromatic rings. The van der Waals surface area contributed by atoms with E-state index in [4.69, 9.17) is 0 Å². The first-order valence-electron chi connectivity index (χ1n) is 8.68. The third kappa shape index (κ3) is 4.44. The van der Waals surface area contributed by atoms with Crippen molar-refractivity contribution in [3.63, 3.8) is 0 Å². The summed E-state index contributed by atoms with van der Waals surface area (Å²) in [5.74, 6) is 0.517. The van der Waals surface area contributed by atoms with Crippen LogP contribution in [0.3, 0.4) is 0 Å². The largest absolute Gasteiger partial charge is 0.333 e. The highest BCUT2D eigenvalue weighted by Gasteiger charge is 2.06. The van der Waals surface area contributed by atoms with Crippen molar-refractivity contribution in [3.05, 3.63) is 89.7 Å². The monoisotopic (exact) mass is 387 g/mol. The molecule has 0 bridgehead atoms. The van der Waals surface area contributed by atoms with E-state index in [1.54, 1.807) is 42.5 Å². The minimum Gasteiger partial charge on any atom is -0.333 e. The Bertz CT molecular complexity index is 1070. The number of aromatic nitrogens is 3. The Balaban J connectivity index is 1.32. The molecule has 138 valence electrons. The number of hydrogen-bond acceptors (Lipinski definition) is 5. The summed E-state index contributed by atoms with van der Waals surface area (Å²) in [4.78, 5) is 24.0. The summed E-state index contributed by atoms with van der Waals surface area (Å²) in [6.45, 7) is 0. The smallest absolute Gasteiger partial charge is 0.271 e. The van der Waals surface area contributed by atoms with Gasteiger partial charge in [-0.1, -0.05) is 36.0 Å². The van der Waals surface area contributed by atoms with E-state index in [-0.39, 0.29) is 5.91 Å². The Kier molecular flexibility index (Phi) is 5.44. The van der Waals surface area contributed by atoms with Gasteiger partial charge in [0.05, 0.1) is 17.2 Å². The normalized spacial score (nSPS) is 11.1. The van der Waals surface area contributed by atoms with Gasteiger partial charge >= 0.3 is 0 Å². The molecular formula is C21H17N5OS. The number of thioether (sulfide) groups is 1. The molecule has 0 atom stereocenters. The van der Waals surface area contributed by atoms with Crippen LogP contribution in [-0.4, -0.2) is 27.1 Å². The summed E-state index contributed by atoms with van der Waals surface area (Å²) < 4.78 is 0. The Morgan fingerprint density at radius 2 is 1.86 bits per heavy atom. The lowest BCUT2D eigenvalue weighted by Gasteiger charge is -2.03. The minimum atomic E-state index is -0.248. The van der Waals surface area contributed by atoms with Gasteiger partial charge < -0.3 is 4.98 Å². The maximum absolute atomic E-state index is 12.2. The Morgan fingerprint density at radius 1 is 1.07 bits per heavy atom. The topological polar surface area (TPSA) is 83.0 Å². The van der Waals surface area contributed by atoms with Crippen molar-refractivity contribution in [2.45, 2.75) is 10.9 Å². The van der Waals surface area contributed by atoms with Crippen molar-refractivity contribution in [1.29, 1.82) is 0 Å². The van der Waals surface area contributed by atoms with Crippen molar-refractivity contribution in [2.75, 3.05) is 0 Å². The summed E-state index contributed by atoms with van der Waals surface area (Å²) in [7, 11) is 0. The average molecular weight is 387 g/mol. The van der Waals surface area contributed by atoms with E-state index in [9.17, 15) is 4.79 Å². The zero-order valence-corrected chi connectivity index (χ0v) is 15.7. The van der Waals surface area contributed by atoms with Gasteiger partial charge in [-0.3, -0.25) is 9.78 Å². The van der Waals surface area contributed by atoms with Gasteiger partial charge in [0.15, 0.2) is 5.16 Å². The number of carbonyl (C=O) groups is 1. The van der Waals surface area contributed by atoms with Crippen LogP contribution in [0.25, 0.3) is 11.0 Å². The van der Waals surface area contributed by atoms with Crippen molar-refractivity contribution >= 4 is 34.9 Å². The third-order valence-electron chi connectivity index (χ3n) is 4.05. The van der Waals surface area contributed by atoms with Crippen molar-refractivity contribution in [2.24, 2.45) is 5.10 Å². The van der Waals surface area contributed by atoms with Crippen LogP contribution in [0.1, 0.15) is 21.5 Å². The van der Waals surface area contributed by atoms with Crippen LogP contribution in [0, 0.1) is 0 Å². The lowest BCUT2D eigenvalue weighted by atomic mass is 10.1. The minimum absolute atomic E-state index is 0.248. The number of aromatic amines is 1. The number of amides is 1. The Morgan fingerprint density at radius 3 is 2.64 bits per heavy atom. The second-order valence-electron chi connectivity index (χ2n) is 6.02. The van der Waals surface area contributed by atoms with E-state index in [2.05, 4.69) is 25.5 Å². The van der Waals surface area contributed by atoms with Crippen LogP contribution < -0.4 is 5.43 Å². The highest BCUT2D eigenvalue weighted by atomic mass is 32.2. The first-order valence-corrected chi connectivity index (χ1v) is 9.66. The zero-order chi connectivity index (χ0) is 19.2. The second kappa shape index (κ2) is 8.49. The predicted molar refractivity (Wildman–Crippen MR) is 111 cm³/mol. The standard InChI is InChI=1S/C21H17N5OS/c27-20(26-23-13-15-9-11-22-12-10-15)17-7-5-16(6-8-17)14-28-21-24-18-3-1-2-4-19(18)25-21/h1-13H,14H2,(H,24,25)(H,26,27)/b23-13+. The number of H-pyrrole nitrogens is 1. The lowest BCUT2D eigenvalue weighted by Crippen LogP contribution is -2.17. The average Bonchev–Trinajstić information content (AvgIpc) is 3.16. The quantitative estimate of drug-likeness (QED) is 0.297. The number of nitrogens with one attached hydrogen (secondary N) is 2. The van der Waals surface area contributed by atoms with Crippen molar-refractivity contribution in [1.82, 2.24) is 20.4 Å². The molecule has 0 aliphatic rings. The first kappa shape index (κ1) is 17.9. The molecular weight excluding hydrogens is 370 g/mol. The summed E-state index contributed by atoms with van der Waals surface area (Å²) in [5.41, 5.74) is 7.07. The molecule has 7 heteroatoms. The summed E-state index contributed by atoms with van der Waals surface area (Å²) >= 11 is 1.63. The van der Waals surface area contributed by atoms with Crippen LogP contribution in [-0.2, 0) is 5.75 Å². The van der Waals surface area contributed by atoms with Gasteiger partial charge in [0, 0.05) is 23.7 Å². The summed E-state index contributed by atoms with van der Waals surface area (Å²) in [5, 5.41) is 4.85. The number of hydrazone groups is 1. The highest BCUT2D eigenvalue weighted by molar-refractivity contribution is 7.98. The van der Waals surface area contributed by atoms with E-state index >= 15 is 0 Å². The number of hydrogen-bond donors (Lipinski definition) is 2. The maximum atomic E-state index is 12.2. The molecule has 0 fully saturated rings. The highest BCUT2D eigenvalue weighted by Crippen LogP contribution is 2.23. The fourth-order valence-corrected chi connectivity index (χ4v) is 3.42. The van der Waals surface area contributed by atoms with Gasteiger partial charge in [-0.05, 0) is 47.5 Å². The van der Waals surface area contributed by atoms with Crippen molar-refractivity contribution in [3.8, 4) is 0 Å². The molecule has 0 unspecified atom stereocenters. The number of benzene rings is 2. The Hall–Kier alpha value is -3.45. The number of carbonyl (C=O) groups excluding carboxylic acids is 1. The first-order chi connectivity index (χ1) is 13.8. The van der Waals surface area contributed by atoms with Crippen LogP contribution in [0.2, 0.25) is 0 Å². The molecule has 2 aromatic heterocycles. The molecule has 0 saturated carbocycles. The van der Waals surface area contributed by atoms with E-state index in [1.165, 1.54) is 0 Å². The van der Waals surface area contributed by atoms with Crippen LogP contribution in [0.4, 0.5) is 0 Å². The number of nitrogens with zero attached hydrogens (tertiary/aromatic N) is 3. The number of rotatable bonds is 6. The molecule has 0 aliphatic heterocycles. The summed E-state index contributed by atoms with van der Waals surface area (Å²) in [6.07, 6.45) is 4.93. The predicted octanol–water partition coefficient (Wildman–Crippen LogP) is 4.01. The number of fused-ring (bicyclic) bond motifs is 1. The van der Waals surface area contributed by atoms with Crippen LogP contribution >= 0.6 is 11.8 Å². The molecule has 0 radical (unpaired) electrons. The molecule has 2 heterocycles. The van der Waals surface area contributed by atoms with E-state index in [0.717, 1.165) is 33.1 Å². The number of para-hydroxylation sites is 2. The van der Waals surface area contributed by atoms with Gasteiger partial charge in [0.2, 0.25) is 0 Å². The molecule has 0 aliphatic carbocycles. The number of pyridine rings is 1. The molecule has 6 nitrogen and oxygen atoms in total. The van der Waals surface area contributed by atoms with E-state index < -0.39 is 0 Å². The van der Waals surface area contributed by atoms with E-state index in [1.807, 2.05) is 48.5 Å². The maximum Gasteiger partial charge on any atom is 0.271 e. The van der Waals surface area contributed by atoms with Gasteiger partial charge in [-0.15, -0.1) is 0 Å². The molecule has 1 amide bonds. The SMILES string of the molecule is O=C(N/N=C/c1ccncc1)c1ccc(CSc2nc3ccccc3[nH]2)cc1. The number of imidazole rings is 1. The molecule has 0 spiro atoms. The van der Waals surface area contributed by atoms with Crippen molar-refractivity contribution < 1.29 is 4.79 Å². The third-order valence-corrected chi connectivity index (χ3v) is 4.99. The second-order valence-corrected chi connectivity index (χ2v) is 6.99. The molecule has 2 N–H and O–H groups in total. The summed E-state index contributed by atoms with van der Waals surface area (Å²) in [6, 6.07) is 19.1. The molecule has 2 aromatic carbocycles. The van der Waals surface area contributed by atoms with E-state index in [0.29, 0.717) is 5.56 Å². The fraction of sp³-hybridized carbons (Fsp3) is 0.0476. The molecule has 0 saturated heterocycles. The zero-order valence-electron chi connectivity index (χ0n) is 14.9. The van der Waals surface area contributed by atoms with Gasteiger partial charge in [-0.25, -0.2) is 10.4 Å². The van der Waals surface area contributed by atoms with Gasteiger partial charge in [0.1, 0.15) is 0 Å². The van der Waals surface area contributed by atoms with Crippen LogP contribution in [0.5, 0.6) is 0 Å². The Labute approximate surface area is 166 Å². The molecule has 28 heavy (non-hydrogen) atoms.